The Morgan fingerprint density at radius 3 is 2.92 bits per heavy atom. The minimum Gasteiger partial charge on any atom is -0.276 e. The van der Waals surface area contributed by atoms with E-state index in [1.807, 2.05) is 24.3 Å². The molecule has 5 rings (SSSR count). The summed E-state index contributed by atoms with van der Waals surface area (Å²) in [6, 6.07) is 7.77. The topological polar surface area (TPSA) is 63.0 Å². The Balaban J connectivity index is 1.85. The summed E-state index contributed by atoms with van der Waals surface area (Å²) in [5, 5.41) is 8.33. The molecule has 0 saturated heterocycles. The van der Waals surface area contributed by atoms with Gasteiger partial charge in [0.2, 0.25) is 0 Å². The van der Waals surface area contributed by atoms with E-state index in [9.17, 15) is 4.79 Å². The number of thiophene rings is 1. The van der Waals surface area contributed by atoms with Gasteiger partial charge in [-0.2, -0.15) is 5.10 Å². The Morgan fingerprint density at radius 2 is 2.04 bits per heavy atom. The molecule has 3 aromatic rings. The van der Waals surface area contributed by atoms with Crippen LogP contribution >= 0.6 is 22.9 Å². The SMILES string of the molecule is O=c1[nH]nc2n1-c1sc3c(c1C(c1ccccc1Cl)=NC2)CCCC3. The quantitative estimate of drug-likeness (QED) is 0.712. The fourth-order valence-corrected chi connectivity index (χ4v) is 5.33. The lowest BCUT2D eigenvalue weighted by Crippen LogP contribution is -2.17. The van der Waals surface area contributed by atoms with Gasteiger partial charge in [-0.3, -0.25) is 4.99 Å². The van der Waals surface area contributed by atoms with Crippen molar-refractivity contribution in [1.29, 1.82) is 0 Å². The van der Waals surface area contributed by atoms with Gasteiger partial charge in [0.05, 0.1) is 5.71 Å². The monoisotopic (exact) mass is 370 g/mol. The number of aromatic nitrogens is 3. The van der Waals surface area contributed by atoms with Crippen molar-refractivity contribution in [2.24, 2.45) is 4.99 Å². The van der Waals surface area contributed by atoms with E-state index in [1.165, 1.54) is 23.3 Å². The van der Waals surface area contributed by atoms with Crippen LogP contribution in [0, 0.1) is 0 Å². The molecule has 0 bridgehead atoms. The van der Waals surface area contributed by atoms with Gasteiger partial charge in [0.25, 0.3) is 0 Å². The molecule has 3 heterocycles. The smallest absolute Gasteiger partial charge is 0.276 e. The van der Waals surface area contributed by atoms with Gasteiger partial charge >= 0.3 is 5.69 Å². The third kappa shape index (κ3) is 2.24. The predicted octanol–water partition coefficient (Wildman–Crippen LogP) is 3.51. The number of fused-ring (bicyclic) bond motifs is 5. The minimum absolute atomic E-state index is 0.203. The van der Waals surface area contributed by atoms with E-state index in [1.54, 1.807) is 15.9 Å². The maximum atomic E-state index is 12.4. The van der Waals surface area contributed by atoms with Crippen molar-refractivity contribution < 1.29 is 0 Å². The standard InChI is InChI=1S/C18H15ClN4OS/c19-12-7-3-1-5-10(12)16-15-11-6-2-4-8-13(11)25-17(15)23-14(9-20-16)21-22-18(23)24/h1,3,5,7H,2,4,6,8-9H2,(H,22,24). The number of nitrogens with zero attached hydrogens (tertiary/aromatic N) is 3. The Labute approximate surface area is 153 Å². The zero-order valence-electron chi connectivity index (χ0n) is 13.4. The third-order valence-corrected chi connectivity index (χ3v) is 6.45. The number of H-pyrrole nitrogens is 1. The Bertz CT molecular complexity index is 1080. The van der Waals surface area contributed by atoms with Gasteiger partial charge in [0.15, 0.2) is 5.82 Å². The Kier molecular flexibility index (Phi) is 3.43. The van der Waals surface area contributed by atoms with Gasteiger partial charge in [0.1, 0.15) is 11.5 Å². The lowest BCUT2D eigenvalue weighted by atomic mass is 9.91. The van der Waals surface area contributed by atoms with Crippen LogP contribution in [0.1, 0.15) is 40.2 Å². The molecule has 2 aliphatic rings. The number of hydrogen-bond donors (Lipinski definition) is 1. The van der Waals surface area contributed by atoms with E-state index in [0.29, 0.717) is 17.4 Å². The second kappa shape index (κ2) is 5.68. The van der Waals surface area contributed by atoms with E-state index in [-0.39, 0.29) is 5.69 Å². The van der Waals surface area contributed by atoms with E-state index >= 15 is 0 Å². The normalized spacial score (nSPS) is 15.8. The third-order valence-electron chi connectivity index (χ3n) is 4.84. The molecule has 2 aromatic heterocycles. The summed E-state index contributed by atoms with van der Waals surface area (Å²) < 4.78 is 1.69. The molecular weight excluding hydrogens is 356 g/mol. The van der Waals surface area contributed by atoms with Gasteiger partial charge in [-0.1, -0.05) is 29.8 Å². The summed E-state index contributed by atoms with van der Waals surface area (Å²) in [6.45, 7) is 0.357. The summed E-state index contributed by atoms with van der Waals surface area (Å²) in [5.74, 6) is 0.645. The van der Waals surface area contributed by atoms with Crippen LogP contribution < -0.4 is 5.69 Å². The molecule has 1 aromatic carbocycles. The van der Waals surface area contributed by atoms with E-state index in [2.05, 4.69) is 10.2 Å². The maximum absolute atomic E-state index is 12.4. The van der Waals surface area contributed by atoms with E-state index in [4.69, 9.17) is 16.6 Å². The fourth-order valence-electron chi connectivity index (χ4n) is 3.70. The summed E-state index contributed by atoms with van der Waals surface area (Å²) in [6.07, 6.45) is 4.44. The number of nitrogens with one attached hydrogen (secondary N) is 1. The fraction of sp³-hybridized carbons (Fsp3) is 0.278. The maximum Gasteiger partial charge on any atom is 0.348 e. The largest absolute Gasteiger partial charge is 0.348 e. The molecule has 1 N–H and O–H groups in total. The second-order valence-electron chi connectivity index (χ2n) is 6.32. The molecule has 1 aliphatic carbocycles. The van der Waals surface area contributed by atoms with Gasteiger partial charge in [-0.15, -0.1) is 11.3 Å². The zero-order valence-corrected chi connectivity index (χ0v) is 15.0. The lowest BCUT2D eigenvalue weighted by Gasteiger charge is -2.15. The average Bonchev–Trinajstić information content (AvgIpc) is 3.12. The zero-order chi connectivity index (χ0) is 17.0. The van der Waals surface area contributed by atoms with E-state index in [0.717, 1.165) is 34.7 Å². The van der Waals surface area contributed by atoms with E-state index < -0.39 is 0 Å². The molecule has 25 heavy (non-hydrogen) atoms. The molecule has 0 atom stereocenters. The molecular formula is C18H15ClN4OS. The van der Waals surface area contributed by atoms with Crippen molar-refractivity contribution in [2.45, 2.75) is 32.2 Å². The van der Waals surface area contributed by atoms with Crippen molar-refractivity contribution in [3.63, 3.8) is 0 Å². The number of halogens is 1. The highest BCUT2D eigenvalue weighted by Gasteiger charge is 2.30. The molecule has 1 aliphatic heterocycles. The molecule has 5 nitrogen and oxygen atoms in total. The lowest BCUT2D eigenvalue weighted by molar-refractivity contribution is 0.696. The first-order chi connectivity index (χ1) is 12.2. The van der Waals surface area contributed by atoms with Gasteiger partial charge in [-0.25, -0.2) is 14.5 Å². The molecule has 126 valence electrons. The number of benzene rings is 1. The number of aliphatic imine (C=N–C) groups is 1. The summed E-state index contributed by atoms with van der Waals surface area (Å²) in [7, 11) is 0. The van der Waals surface area contributed by atoms with Crippen LogP contribution in [0.5, 0.6) is 0 Å². The molecule has 0 amide bonds. The molecule has 0 unspecified atom stereocenters. The molecule has 0 radical (unpaired) electrons. The van der Waals surface area contributed by atoms with Crippen LogP contribution in [0.15, 0.2) is 34.1 Å². The van der Waals surface area contributed by atoms with Gasteiger partial charge < -0.3 is 0 Å². The van der Waals surface area contributed by atoms with Crippen molar-refractivity contribution in [3.8, 4) is 5.00 Å². The highest BCUT2D eigenvalue weighted by Crippen LogP contribution is 2.40. The van der Waals surface area contributed by atoms with Crippen molar-refractivity contribution >= 4 is 28.6 Å². The summed E-state index contributed by atoms with van der Waals surface area (Å²) in [4.78, 5) is 18.6. The van der Waals surface area contributed by atoms with Crippen molar-refractivity contribution in [2.75, 3.05) is 0 Å². The predicted molar refractivity (Wildman–Crippen MR) is 99.5 cm³/mol. The summed E-state index contributed by atoms with van der Waals surface area (Å²) in [5.41, 5.74) is 3.98. The first-order valence-corrected chi connectivity index (χ1v) is 9.54. The molecule has 0 saturated carbocycles. The first-order valence-electron chi connectivity index (χ1n) is 8.35. The van der Waals surface area contributed by atoms with Crippen LogP contribution in [-0.4, -0.2) is 20.5 Å². The highest BCUT2D eigenvalue weighted by molar-refractivity contribution is 7.15. The second-order valence-corrected chi connectivity index (χ2v) is 7.81. The van der Waals surface area contributed by atoms with Crippen LogP contribution in [-0.2, 0) is 19.4 Å². The van der Waals surface area contributed by atoms with Crippen molar-refractivity contribution in [3.05, 3.63) is 67.2 Å². The molecule has 0 spiro atoms. The minimum atomic E-state index is -0.203. The molecule has 7 heteroatoms. The first kappa shape index (κ1) is 15.1. The number of hydrogen-bond acceptors (Lipinski definition) is 4. The number of aryl methyl sites for hydroxylation is 1. The van der Waals surface area contributed by atoms with Gasteiger partial charge in [0, 0.05) is 21.0 Å². The summed E-state index contributed by atoms with van der Waals surface area (Å²) >= 11 is 8.17. The van der Waals surface area contributed by atoms with Crippen LogP contribution in [0.25, 0.3) is 5.00 Å². The van der Waals surface area contributed by atoms with Gasteiger partial charge in [-0.05, 0) is 37.3 Å². The molecule has 0 fully saturated rings. The average molecular weight is 371 g/mol. The Morgan fingerprint density at radius 1 is 1.20 bits per heavy atom. The number of aromatic amines is 1. The van der Waals surface area contributed by atoms with Crippen molar-refractivity contribution in [1.82, 2.24) is 14.8 Å². The van der Waals surface area contributed by atoms with Crippen LogP contribution in [0.2, 0.25) is 5.02 Å². The number of rotatable bonds is 1. The van der Waals surface area contributed by atoms with Crippen LogP contribution in [0.3, 0.4) is 0 Å². The Hall–Kier alpha value is -2.18. The highest BCUT2D eigenvalue weighted by atomic mass is 35.5. The van der Waals surface area contributed by atoms with Crippen LogP contribution in [0.4, 0.5) is 0 Å².